The van der Waals surface area contributed by atoms with Gasteiger partial charge in [0, 0.05) is 13.2 Å². The Morgan fingerprint density at radius 1 is 0.517 bits per heavy atom. The van der Waals surface area contributed by atoms with Gasteiger partial charge in [0.2, 0.25) is 0 Å². The van der Waals surface area contributed by atoms with Gasteiger partial charge in [0.25, 0.3) is 0 Å². The van der Waals surface area contributed by atoms with Crippen LogP contribution in [0.2, 0.25) is 0 Å². The van der Waals surface area contributed by atoms with Crippen LogP contribution in [0.5, 0.6) is 0 Å². The van der Waals surface area contributed by atoms with Gasteiger partial charge in [0.05, 0.1) is 0 Å². The van der Waals surface area contributed by atoms with Gasteiger partial charge in [-0.15, -0.1) is 0 Å². The minimum Gasteiger partial charge on any atom is -0.381 e. The first kappa shape index (κ1) is 33.4. The number of rotatable bonds is 20. The summed E-state index contributed by atoms with van der Waals surface area (Å²) < 4.78 is 37.3. The third-order valence-electron chi connectivity index (χ3n) is 4.78. The zero-order chi connectivity index (χ0) is 21.3. The lowest BCUT2D eigenvalue weighted by atomic mass is 10.1. The monoisotopic (exact) mass is 441 g/mol. The molecule has 5 N–H and O–H groups in total. The van der Waals surface area contributed by atoms with Crippen LogP contribution in [-0.4, -0.2) is 30.7 Å². The highest BCUT2D eigenvalue weighted by atomic mass is 32.3. The third-order valence-corrected chi connectivity index (χ3v) is 4.78. The summed E-state index contributed by atoms with van der Waals surface area (Å²) >= 11 is 0. The Labute approximate surface area is 181 Å². The van der Waals surface area contributed by atoms with Crippen LogP contribution >= 0.6 is 0 Å². The summed E-state index contributed by atoms with van der Waals surface area (Å²) in [6.07, 6.45) is 25.2. The van der Waals surface area contributed by atoms with Crippen molar-refractivity contribution in [2.24, 2.45) is 0 Å². The summed E-state index contributed by atoms with van der Waals surface area (Å²) in [6.45, 7) is 6.56. The first-order chi connectivity index (χ1) is 13.4. The summed E-state index contributed by atoms with van der Waals surface area (Å²) in [7, 11) is -4.67. The van der Waals surface area contributed by atoms with E-state index in [0.717, 1.165) is 13.2 Å². The molecule has 0 aliphatic heterocycles. The maximum Gasteiger partial charge on any atom is 0.394 e. The number of ether oxygens (including phenoxy) is 1. The van der Waals surface area contributed by atoms with Crippen LogP contribution in [0.15, 0.2) is 0 Å². The van der Waals surface area contributed by atoms with Gasteiger partial charge in [-0.1, -0.05) is 117 Å². The van der Waals surface area contributed by atoms with Crippen molar-refractivity contribution in [3.05, 3.63) is 0 Å². The number of hydrogen-bond acceptors (Lipinski definition) is 4. The van der Waals surface area contributed by atoms with Gasteiger partial charge in [-0.25, -0.2) is 0 Å². The Morgan fingerprint density at radius 3 is 0.966 bits per heavy atom. The number of unbranched alkanes of at least 4 members (excludes halogenated alkanes) is 16. The molecule has 0 saturated carbocycles. The normalized spacial score (nSPS) is 10.9. The van der Waals surface area contributed by atoms with Crippen molar-refractivity contribution in [2.45, 2.75) is 129 Å². The maximum absolute atomic E-state index is 8.74. The van der Waals surface area contributed by atoms with Gasteiger partial charge in [0.1, 0.15) is 0 Å². The highest BCUT2D eigenvalue weighted by molar-refractivity contribution is 7.79. The van der Waals surface area contributed by atoms with Gasteiger partial charge in [-0.05, 0) is 12.8 Å². The molecule has 0 aromatic heterocycles. The van der Waals surface area contributed by atoms with Crippen molar-refractivity contribution in [3.8, 4) is 0 Å². The molecule has 0 unspecified atom stereocenters. The molecule has 0 fully saturated rings. The molecular weight excluding hydrogens is 390 g/mol. The van der Waals surface area contributed by atoms with Crippen molar-refractivity contribution < 1.29 is 22.3 Å². The fraction of sp³-hybridized carbons (Fsp3) is 1.00. The molecule has 0 aliphatic carbocycles. The topological polar surface area (TPSA) is 119 Å². The lowest BCUT2D eigenvalue weighted by Gasteiger charge is -2.05. The summed E-state index contributed by atoms with van der Waals surface area (Å²) in [5.74, 6) is 0. The van der Waals surface area contributed by atoms with E-state index in [1.54, 1.807) is 0 Å². The van der Waals surface area contributed by atoms with E-state index in [0.29, 0.717) is 0 Å². The first-order valence-corrected chi connectivity index (χ1v) is 13.1. The van der Waals surface area contributed by atoms with Crippen LogP contribution in [0.1, 0.15) is 129 Å². The fourth-order valence-corrected chi connectivity index (χ4v) is 3.13. The highest BCUT2D eigenvalue weighted by Crippen LogP contribution is 2.11. The summed E-state index contributed by atoms with van der Waals surface area (Å²) in [5, 5.41) is 0. The van der Waals surface area contributed by atoms with Crippen LogP contribution in [-0.2, 0) is 15.1 Å². The van der Waals surface area contributed by atoms with Gasteiger partial charge < -0.3 is 10.9 Å². The molecule has 0 aromatic carbocycles. The second-order valence-electron chi connectivity index (χ2n) is 7.72. The van der Waals surface area contributed by atoms with Gasteiger partial charge in [0.15, 0.2) is 0 Å². The second kappa shape index (κ2) is 27.8. The Balaban J connectivity index is -0.000000997. The molecule has 0 saturated heterocycles. The lowest BCUT2D eigenvalue weighted by molar-refractivity contribution is 0.125. The van der Waals surface area contributed by atoms with E-state index < -0.39 is 10.4 Å². The largest absolute Gasteiger partial charge is 0.394 e. The van der Waals surface area contributed by atoms with Gasteiger partial charge >= 0.3 is 10.4 Å². The molecule has 0 amide bonds. The summed E-state index contributed by atoms with van der Waals surface area (Å²) in [4.78, 5) is 0. The van der Waals surface area contributed by atoms with E-state index in [9.17, 15) is 0 Å². The van der Waals surface area contributed by atoms with Crippen molar-refractivity contribution >= 4 is 10.4 Å². The van der Waals surface area contributed by atoms with Crippen LogP contribution in [0.3, 0.4) is 0 Å². The van der Waals surface area contributed by atoms with Crippen LogP contribution in [0, 0.1) is 0 Å². The van der Waals surface area contributed by atoms with Crippen LogP contribution < -0.4 is 6.15 Å². The van der Waals surface area contributed by atoms with E-state index in [4.69, 9.17) is 22.3 Å². The second-order valence-corrected chi connectivity index (χ2v) is 8.61. The van der Waals surface area contributed by atoms with Crippen LogP contribution in [0.25, 0.3) is 0 Å². The molecule has 180 valence electrons. The average Bonchev–Trinajstić information content (AvgIpc) is 2.62. The minimum atomic E-state index is -4.67. The molecule has 0 atom stereocenters. The molecule has 0 spiro atoms. The molecule has 0 heterocycles. The first-order valence-electron chi connectivity index (χ1n) is 11.7. The number of hydrogen-bond donors (Lipinski definition) is 3. The third kappa shape index (κ3) is 47.2. The zero-order valence-corrected chi connectivity index (χ0v) is 20.2. The quantitative estimate of drug-likeness (QED) is 0.132. The van der Waals surface area contributed by atoms with Crippen molar-refractivity contribution in [3.63, 3.8) is 0 Å². The van der Waals surface area contributed by atoms with Gasteiger partial charge in [-0.3, -0.25) is 9.11 Å². The lowest BCUT2D eigenvalue weighted by Crippen LogP contribution is -1.97. The average molecular weight is 442 g/mol. The Morgan fingerprint density at radius 2 is 0.724 bits per heavy atom. The SMILES string of the molecule is CCCCCCCCCCCOCCCCCCCCCCC.N.O=S(=O)(O)O. The van der Waals surface area contributed by atoms with Crippen molar-refractivity contribution in [1.29, 1.82) is 0 Å². The minimum absolute atomic E-state index is 0. The molecule has 0 aromatic rings. The van der Waals surface area contributed by atoms with Crippen molar-refractivity contribution in [1.82, 2.24) is 6.15 Å². The van der Waals surface area contributed by atoms with E-state index >= 15 is 0 Å². The Kier molecular flexibility index (Phi) is 32.0. The van der Waals surface area contributed by atoms with Crippen molar-refractivity contribution in [2.75, 3.05) is 13.2 Å². The molecule has 7 heteroatoms. The van der Waals surface area contributed by atoms with E-state index in [1.807, 2.05) is 0 Å². The molecule has 0 aliphatic rings. The molecule has 0 bridgehead atoms. The van der Waals surface area contributed by atoms with E-state index in [1.165, 1.54) is 116 Å². The van der Waals surface area contributed by atoms with Gasteiger partial charge in [-0.2, -0.15) is 8.42 Å². The Bertz CT molecular complexity index is 349. The standard InChI is InChI=1S/C22H46O.H3N.H2O4S/c1-3-5-7-9-11-13-15-17-19-21-23-22-20-18-16-14-12-10-8-6-4-2;;1-5(2,3)4/h3-22H2,1-2H3;1H3;(H2,1,2,3,4). The molecular formula is C22H51NO5S. The predicted octanol–water partition coefficient (Wildman–Crippen LogP) is 7.57. The molecule has 0 radical (unpaired) electrons. The van der Waals surface area contributed by atoms with E-state index in [-0.39, 0.29) is 6.15 Å². The van der Waals surface area contributed by atoms with E-state index in [2.05, 4.69) is 13.8 Å². The summed E-state index contributed by atoms with van der Waals surface area (Å²) in [5.41, 5.74) is 0. The molecule has 6 nitrogen and oxygen atoms in total. The molecule has 29 heavy (non-hydrogen) atoms. The van der Waals surface area contributed by atoms with Crippen LogP contribution in [0.4, 0.5) is 0 Å². The summed E-state index contributed by atoms with van der Waals surface area (Å²) in [6, 6.07) is 0. The smallest absolute Gasteiger partial charge is 0.381 e. The molecule has 0 rings (SSSR count). The fourth-order valence-electron chi connectivity index (χ4n) is 3.13. The maximum atomic E-state index is 8.74. The highest BCUT2D eigenvalue weighted by Gasteiger charge is 1.94. The predicted molar refractivity (Wildman–Crippen MR) is 124 cm³/mol. The zero-order valence-electron chi connectivity index (χ0n) is 19.4. The Hall–Kier alpha value is -0.210.